The standard InChI is InChI=1S/C19H18BrN5/c1-24(2)16-9-5-14(6-10-16)18-11-17(13-3-7-15(20)8-4-13)23-19-21-12-22-25(18)19/h3-12,18H,1-2H3,(H,21,22,23)/t18-/m0/s1. The van der Waals surface area contributed by atoms with Crippen molar-refractivity contribution in [2.24, 2.45) is 0 Å². The second kappa shape index (κ2) is 6.37. The molecule has 3 aromatic rings. The van der Waals surface area contributed by atoms with Crippen molar-refractivity contribution < 1.29 is 0 Å². The van der Waals surface area contributed by atoms with Gasteiger partial charge in [0.15, 0.2) is 0 Å². The predicted octanol–water partition coefficient (Wildman–Crippen LogP) is 4.16. The van der Waals surface area contributed by atoms with E-state index >= 15 is 0 Å². The second-order valence-electron chi connectivity index (χ2n) is 6.17. The summed E-state index contributed by atoms with van der Waals surface area (Å²) in [5.41, 5.74) is 4.50. The lowest BCUT2D eigenvalue weighted by Crippen LogP contribution is -2.20. The highest BCUT2D eigenvalue weighted by Crippen LogP contribution is 2.32. The molecule has 0 radical (unpaired) electrons. The summed E-state index contributed by atoms with van der Waals surface area (Å²) < 4.78 is 2.97. The fourth-order valence-corrected chi connectivity index (χ4v) is 3.20. The Hall–Kier alpha value is -2.60. The van der Waals surface area contributed by atoms with Gasteiger partial charge in [0.25, 0.3) is 0 Å². The summed E-state index contributed by atoms with van der Waals surface area (Å²) in [5.74, 6) is 0.752. The van der Waals surface area contributed by atoms with Gasteiger partial charge in [0, 0.05) is 30.0 Å². The molecule has 1 N–H and O–H groups in total. The largest absolute Gasteiger partial charge is 0.378 e. The highest BCUT2D eigenvalue weighted by molar-refractivity contribution is 9.10. The number of benzene rings is 2. The smallest absolute Gasteiger partial charge is 0.226 e. The van der Waals surface area contributed by atoms with Crippen LogP contribution in [0.25, 0.3) is 5.70 Å². The maximum atomic E-state index is 4.39. The van der Waals surface area contributed by atoms with Gasteiger partial charge in [-0.25, -0.2) is 4.68 Å². The third-order valence-corrected chi connectivity index (χ3v) is 4.84. The van der Waals surface area contributed by atoms with Gasteiger partial charge in [-0.3, -0.25) is 0 Å². The minimum Gasteiger partial charge on any atom is -0.378 e. The zero-order valence-electron chi connectivity index (χ0n) is 14.0. The van der Waals surface area contributed by atoms with Gasteiger partial charge in [-0.2, -0.15) is 10.1 Å². The molecule has 1 aliphatic rings. The molecule has 6 heteroatoms. The van der Waals surface area contributed by atoms with Crippen molar-refractivity contribution in [3.05, 3.63) is 76.5 Å². The summed E-state index contributed by atoms with van der Waals surface area (Å²) in [4.78, 5) is 6.45. The molecule has 0 bridgehead atoms. The number of anilines is 2. The van der Waals surface area contributed by atoms with Crippen molar-refractivity contribution in [3.8, 4) is 0 Å². The molecule has 2 heterocycles. The Labute approximate surface area is 155 Å². The number of halogens is 1. The molecule has 0 saturated carbocycles. The van der Waals surface area contributed by atoms with Crippen LogP contribution in [0.15, 0.2) is 65.4 Å². The first kappa shape index (κ1) is 15.9. The van der Waals surface area contributed by atoms with E-state index < -0.39 is 0 Å². The van der Waals surface area contributed by atoms with Crippen LogP contribution in [0.1, 0.15) is 17.2 Å². The van der Waals surface area contributed by atoms with Crippen LogP contribution in [0.5, 0.6) is 0 Å². The molecule has 0 saturated heterocycles. The summed E-state index contributed by atoms with van der Waals surface area (Å²) >= 11 is 3.49. The Balaban J connectivity index is 1.75. The number of nitrogens with zero attached hydrogens (tertiary/aromatic N) is 4. The molecule has 0 fully saturated rings. The first-order valence-corrected chi connectivity index (χ1v) is 8.83. The van der Waals surface area contributed by atoms with Crippen LogP contribution in [-0.2, 0) is 0 Å². The molecule has 126 valence electrons. The van der Waals surface area contributed by atoms with E-state index in [1.807, 2.05) is 30.9 Å². The Morgan fingerprint density at radius 3 is 2.44 bits per heavy atom. The molecule has 1 aromatic heterocycles. The van der Waals surface area contributed by atoms with E-state index in [1.54, 1.807) is 6.33 Å². The van der Waals surface area contributed by atoms with Gasteiger partial charge in [0.1, 0.15) is 12.4 Å². The molecule has 0 spiro atoms. The molecule has 0 unspecified atom stereocenters. The lowest BCUT2D eigenvalue weighted by atomic mass is 10.0. The van der Waals surface area contributed by atoms with Gasteiger partial charge in [-0.15, -0.1) is 0 Å². The van der Waals surface area contributed by atoms with Gasteiger partial charge < -0.3 is 10.2 Å². The number of nitrogens with one attached hydrogen (secondary N) is 1. The SMILES string of the molecule is CN(C)c1ccc([C@@H]2C=C(c3ccc(Br)cc3)Nc3ncnn32)cc1. The van der Waals surface area contributed by atoms with E-state index in [0.717, 1.165) is 21.7 Å². The summed E-state index contributed by atoms with van der Waals surface area (Å²) in [6.07, 6.45) is 3.78. The Morgan fingerprint density at radius 2 is 1.76 bits per heavy atom. The fourth-order valence-electron chi connectivity index (χ4n) is 2.94. The maximum absolute atomic E-state index is 4.39. The number of allylic oxidation sites excluding steroid dienone is 1. The number of hydrogen-bond acceptors (Lipinski definition) is 4. The molecule has 0 aliphatic carbocycles. The second-order valence-corrected chi connectivity index (χ2v) is 7.09. The molecular formula is C19H18BrN5. The van der Waals surface area contributed by atoms with E-state index in [4.69, 9.17) is 0 Å². The molecule has 4 rings (SSSR count). The number of fused-ring (bicyclic) bond motifs is 1. The zero-order valence-corrected chi connectivity index (χ0v) is 15.6. The normalized spacial score (nSPS) is 16.0. The monoisotopic (exact) mass is 395 g/mol. The van der Waals surface area contributed by atoms with Crippen LogP contribution in [0.3, 0.4) is 0 Å². The molecule has 0 amide bonds. The molecule has 2 aromatic carbocycles. The minimum absolute atomic E-state index is 0.00797. The van der Waals surface area contributed by atoms with Crippen LogP contribution in [0.2, 0.25) is 0 Å². The Bertz CT molecular complexity index is 910. The van der Waals surface area contributed by atoms with Crippen molar-refractivity contribution in [2.45, 2.75) is 6.04 Å². The van der Waals surface area contributed by atoms with Crippen molar-refractivity contribution in [1.82, 2.24) is 14.8 Å². The maximum Gasteiger partial charge on any atom is 0.226 e. The number of rotatable bonds is 3. The summed E-state index contributed by atoms with van der Waals surface area (Å²) in [6.45, 7) is 0. The van der Waals surface area contributed by atoms with Gasteiger partial charge in [0.2, 0.25) is 5.95 Å². The van der Waals surface area contributed by atoms with Gasteiger partial charge in [0.05, 0.1) is 0 Å². The van der Waals surface area contributed by atoms with Gasteiger partial charge >= 0.3 is 0 Å². The predicted molar refractivity (Wildman–Crippen MR) is 105 cm³/mol. The highest BCUT2D eigenvalue weighted by Gasteiger charge is 2.23. The molecule has 25 heavy (non-hydrogen) atoms. The van der Waals surface area contributed by atoms with Crippen LogP contribution in [0.4, 0.5) is 11.6 Å². The van der Waals surface area contributed by atoms with E-state index in [0.29, 0.717) is 0 Å². The van der Waals surface area contributed by atoms with Crippen molar-refractivity contribution in [3.63, 3.8) is 0 Å². The van der Waals surface area contributed by atoms with E-state index in [2.05, 4.69) is 78.7 Å². The Kier molecular flexibility index (Phi) is 4.05. The fraction of sp³-hybridized carbons (Fsp3) is 0.158. The van der Waals surface area contributed by atoms with Gasteiger partial charge in [-0.1, -0.05) is 40.2 Å². The van der Waals surface area contributed by atoms with Crippen molar-refractivity contribution in [1.29, 1.82) is 0 Å². The first-order valence-electron chi connectivity index (χ1n) is 8.03. The highest BCUT2D eigenvalue weighted by atomic mass is 79.9. The number of hydrogen-bond donors (Lipinski definition) is 1. The first-order chi connectivity index (χ1) is 12.1. The number of aromatic nitrogens is 3. The average Bonchev–Trinajstić information content (AvgIpc) is 3.10. The van der Waals surface area contributed by atoms with Crippen molar-refractivity contribution >= 4 is 33.3 Å². The lowest BCUT2D eigenvalue weighted by molar-refractivity contribution is 0.612. The van der Waals surface area contributed by atoms with Crippen LogP contribution < -0.4 is 10.2 Å². The van der Waals surface area contributed by atoms with E-state index in [9.17, 15) is 0 Å². The molecular weight excluding hydrogens is 378 g/mol. The van der Waals surface area contributed by atoms with Crippen LogP contribution >= 0.6 is 15.9 Å². The zero-order chi connectivity index (χ0) is 17.4. The summed E-state index contributed by atoms with van der Waals surface area (Å²) in [6, 6.07) is 16.8. The van der Waals surface area contributed by atoms with Crippen LogP contribution in [0, 0.1) is 0 Å². The third-order valence-electron chi connectivity index (χ3n) is 4.31. The Morgan fingerprint density at radius 1 is 1.04 bits per heavy atom. The lowest BCUT2D eigenvalue weighted by Gasteiger charge is -2.25. The quantitative estimate of drug-likeness (QED) is 0.722. The summed E-state index contributed by atoms with van der Waals surface area (Å²) in [7, 11) is 4.08. The molecule has 1 atom stereocenters. The summed E-state index contributed by atoms with van der Waals surface area (Å²) in [5, 5.41) is 7.76. The minimum atomic E-state index is 0.00797. The van der Waals surface area contributed by atoms with E-state index in [1.165, 1.54) is 11.3 Å². The van der Waals surface area contributed by atoms with Crippen molar-refractivity contribution in [2.75, 3.05) is 24.3 Å². The topological polar surface area (TPSA) is 46.0 Å². The van der Waals surface area contributed by atoms with E-state index in [-0.39, 0.29) is 6.04 Å². The van der Waals surface area contributed by atoms with Gasteiger partial charge in [-0.05, 0) is 41.5 Å². The van der Waals surface area contributed by atoms with Crippen LogP contribution in [-0.4, -0.2) is 28.9 Å². The molecule has 5 nitrogen and oxygen atoms in total. The molecule has 1 aliphatic heterocycles. The third kappa shape index (κ3) is 3.05. The average molecular weight is 396 g/mol.